The van der Waals surface area contributed by atoms with Crippen LogP contribution in [0, 0.1) is 5.92 Å². The normalized spacial score (nSPS) is 14.3. The Balaban J connectivity index is 1.74. The van der Waals surface area contributed by atoms with Gasteiger partial charge in [-0.2, -0.15) is 0 Å². The molecule has 1 saturated carbocycles. The standard InChI is InChI=1S/C19H21BrN2O4S/c1-2-26-17-11-6-14(20)12-18(17)27(24,25)22-16-9-7-15(8-10-16)21-19(23)13-4-3-5-13/h6-13,22H,2-5H2,1H3,(H,21,23). The van der Waals surface area contributed by atoms with E-state index < -0.39 is 10.0 Å². The van der Waals surface area contributed by atoms with Crippen molar-refractivity contribution in [1.29, 1.82) is 0 Å². The Kier molecular flexibility index (Phi) is 6.06. The summed E-state index contributed by atoms with van der Waals surface area (Å²) >= 11 is 3.29. The summed E-state index contributed by atoms with van der Waals surface area (Å²) in [6.45, 7) is 2.15. The summed E-state index contributed by atoms with van der Waals surface area (Å²) in [5, 5.41) is 2.86. The average molecular weight is 453 g/mol. The predicted molar refractivity (Wildman–Crippen MR) is 109 cm³/mol. The lowest BCUT2D eigenvalue weighted by Crippen LogP contribution is -2.27. The molecule has 0 radical (unpaired) electrons. The SMILES string of the molecule is CCOc1ccc(Br)cc1S(=O)(=O)Nc1ccc(NC(=O)C2CCC2)cc1. The van der Waals surface area contributed by atoms with Crippen LogP contribution in [0.2, 0.25) is 0 Å². The lowest BCUT2D eigenvalue weighted by Gasteiger charge is -2.24. The van der Waals surface area contributed by atoms with Crippen molar-refractivity contribution in [2.75, 3.05) is 16.6 Å². The Morgan fingerprint density at radius 3 is 2.41 bits per heavy atom. The van der Waals surface area contributed by atoms with Crippen molar-refractivity contribution in [2.24, 2.45) is 5.92 Å². The third-order valence-corrected chi connectivity index (χ3v) is 6.27. The Morgan fingerprint density at radius 2 is 1.81 bits per heavy atom. The maximum Gasteiger partial charge on any atom is 0.265 e. The first-order valence-corrected chi connectivity index (χ1v) is 11.0. The van der Waals surface area contributed by atoms with Crippen LogP contribution in [0.4, 0.5) is 11.4 Å². The quantitative estimate of drug-likeness (QED) is 0.652. The molecule has 0 atom stereocenters. The van der Waals surface area contributed by atoms with E-state index in [0.29, 0.717) is 22.5 Å². The largest absolute Gasteiger partial charge is 0.492 e. The summed E-state index contributed by atoms with van der Waals surface area (Å²) < 4.78 is 34.1. The highest BCUT2D eigenvalue weighted by molar-refractivity contribution is 9.10. The van der Waals surface area contributed by atoms with Crippen molar-refractivity contribution in [3.05, 3.63) is 46.9 Å². The van der Waals surface area contributed by atoms with Gasteiger partial charge in [-0.05, 0) is 62.2 Å². The molecule has 1 amide bonds. The number of hydrogen-bond acceptors (Lipinski definition) is 4. The van der Waals surface area contributed by atoms with E-state index in [2.05, 4.69) is 26.0 Å². The van der Waals surface area contributed by atoms with Gasteiger partial charge in [-0.15, -0.1) is 0 Å². The first-order chi connectivity index (χ1) is 12.9. The average Bonchev–Trinajstić information content (AvgIpc) is 2.56. The van der Waals surface area contributed by atoms with Crippen molar-refractivity contribution in [2.45, 2.75) is 31.1 Å². The van der Waals surface area contributed by atoms with E-state index in [1.54, 1.807) is 43.3 Å². The van der Waals surface area contributed by atoms with Gasteiger partial charge in [0.2, 0.25) is 5.91 Å². The predicted octanol–water partition coefficient (Wildman–Crippen LogP) is 4.39. The molecule has 0 unspecified atom stereocenters. The van der Waals surface area contributed by atoms with Crippen LogP contribution in [0.5, 0.6) is 5.75 Å². The molecule has 0 bridgehead atoms. The van der Waals surface area contributed by atoms with Gasteiger partial charge in [0, 0.05) is 21.8 Å². The molecule has 144 valence electrons. The maximum absolute atomic E-state index is 12.8. The molecule has 27 heavy (non-hydrogen) atoms. The van der Waals surface area contributed by atoms with Gasteiger partial charge in [0.25, 0.3) is 10.0 Å². The fourth-order valence-electron chi connectivity index (χ4n) is 2.71. The molecular formula is C19H21BrN2O4S. The first kappa shape index (κ1) is 19.7. The number of nitrogens with one attached hydrogen (secondary N) is 2. The molecule has 2 aromatic carbocycles. The zero-order valence-electron chi connectivity index (χ0n) is 14.9. The van der Waals surface area contributed by atoms with Gasteiger partial charge in [0.15, 0.2) is 0 Å². The van der Waals surface area contributed by atoms with Crippen LogP contribution in [0.1, 0.15) is 26.2 Å². The molecule has 0 aliphatic heterocycles. The molecule has 0 spiro atoms. The van der Waals surface area contributed by atoms with Crippen LogP contribution in [-0.2, 0) is 14.8 Å². The molecule has 1 aliphatic carbocycles. The summed E-state index contributed by atoms with van der Waals surface area (Å²) in [6.07, 6.45) is 2.95. The Bertz CT molecular complexity index is 925. The van der Waals surface area contributed by atoms with Gasteiger partial charge in [-0.25, -0.2) is 8.42 Å². The Morgan fingerprint density at radius 1 is 1.15 bits per heavy atom. The van der Waals surface area contributed by atoms with Crippen LogP contribution in [0.3, 0.4) is 0 Å². The second-order valence-corrected chi connectivity index (χ2v) is 8.89. The molecule has 2 N–H and O–H groups in total. The first-order valence-electron chi connectivity index (χ1n) is 8.75. The van der Waals surface area contributed by atoms with Gasteiger partial charge in [-0.3, -0.25) is 9.52 Å². The summed E-state index contributed by atoms with van der Waals surface area (Å²) in [5.74, 6) is 0.402. The molecular weight excluding hydrogens is 432 g/mol. The molecule has 1 aliphatic rings. The lowest BCUT2D eigenvalue weighted by molar-refractivity contribution is -0.122. The van der Waals surface area contributed by atoms with Crippen LogP contribution < -0.4 is 14.8 Å². The number of sulfonamides is 1. The second kappa shape index (κ2) is 8.31. The lowest BCUT2D eigenvalue weighted by atomic mass is 9.85. The summed E-state index contributed by atoms with van der Waals surface area (Å²) in [4.78, 5) is 12.0. The van der Waals surface area contributed by atoms with E-state index >= 15 is 0 Å². The Labute approximate surface area is 167 Å². The van der Waals surface area contributed by atoms with Crippen molar-refractivity contribution in [3.8, 4) is 5.75 Å². The van der Waals surface area contributed by atoms with E-state index in [1.807, 2.05) is 0 Å². The van der Waals surface area contributed by atoms with Crippen LogP contribution >= 0.6 is 15.9 Å². The molecule has 1 fully saturated rings. The number of carbonyl (C=O) groups is 1. The van der Waals surface area contributed by atoms with E-state index in [9.17, 15) is 13.2 Å². The maximum atomic E-state index is 12.8. The highest BCUT2D eigenvalue weighted by Gasteiger charge is 2.25. The van der Waals surface area contributed by atoms with Crippen molar-refractivity contribution in [1.82, 2.24) is 0 Å². The van der Waals surface area contributed by atoms with Gasteiger partial charge in [-0.1, -0.05) is 22.4 Å². The number of ether oxygens (including phenoxy) is 1. The van der Waals surface area contributed by atoms with Crippen LogP contribution in [0.15, 0.2) is 51.8 Å². The molecule has 0 heterocycles. The molecule has 3 rings (SSSR count). The minimum absolute atomic E-state index is 0.0186. The van der Waals surface area contributed by atoms with Gasteiger partial charge >= 0.3 is 0 Å². The fraction of sp³-hybridized carbons (Fsp3) is 0.316. The Hall–Kier alpha value is -2.06. The zero-order chi connectivity index (χ0) is 19.4. The van der Waals surface area contributed by atoms with Gasteiger partial charge < -0.3 is 10.1 Å². The number of halogens is 1. The van der Waals surface area contributed by atoms with E-state index in [1.165, 1.54) is 6.07 Å². The van der Waals surface area contributed by atoms with Crippen molar-refractivity contribution in [3.63, 3.8) is 0 Å². The summed E-state index contributed by atoms with van der Waals surface area (Å²) in [5.41, 5.74) is 1.05. The van der Waals surface area contributed by atoms with E-state index in [-0.39, 0.29) is 22.5 Å². The van der Waals surface area contributed by atoms with Crippen LogP contribution in [-0.4, -0.2) is 20.9 Å². The smallest absolute Gasteiger partial charge is 0.265 e. The third kappa shape index (κ3) is 4.81. The minimum Gasteiger partial charge on any atom is -0.492 e. The number of benzene rings is 2. The van der Waals surface area contributed by atoms with Crippen molar-refractivity contribution < 1.29 is 17.9 Å². The molecule has 8 heteroatoms. The van der Waals surface area contributed by atoms with E-state index in [0.717, 1.165) is 19.3 Å². The van der Waals surface area contributed by atoms with Gasteiger partial charge in [0.1, 0.15) is 10.6 Å². The highest BCUT2D eigenvalue weighted by Crippen LogP contribution is 2.30. The number of carbonyl (C=O) groups excluding carboxylic acids is 1. The summed E-state index contributed by atoms with van der Waals surface area (Å²) in [7, 11) is -3.83. The minimum atomic E-state index is -3.83. The van der Waals surface area contributed by atoms with Crippen LogP contribution in [0.25, 0.3) is 0 Å². The van der Waals surface area contributed by atoms with Gasteiger partial charge in [0.05, 0.1) is 6.61 Å². The number of rotatable bonds is 7. The molecule has 0 saturated heterocycles. The molecule has 2 aromatic rings. The fourth-order valence-corrected chi connectivity index (χ4v) is 4.46. The monoisotopic (exact) mass is 452 g/mol. The van der Waals surface area contributed by atoms with E-state index in [4.69, 9.17) is 4.74 Å². The summed E-state index contributed by atoms with van der Waals surface area (Å²) in [6, 6.07) is 11.4. The topological polar surface area (TPSA) is 84.5 Å². The second-order valence-electron chi connectivity index (χ2n) is 6.32. The number of hydrogen-bond donors (Lipinski definition) is 2. The number of amides is 1. The third-order valence-electron chi connectivity index (χ3n) is 4.38. The highest BCUT2D eigenvalue weighted by atomic mass is 79.9. The zero-order valence-corrected chi connectivity index (χ0v) is 17.3. The van der Waals surface area contributed by atoms with Crippen molar-refractivity contribution >= 4 is 43.2 Å². The molecule has 0 aromatic heterocycles. The molecule has 6 nitrogen and oxygen atoms in total. The number of anilines is 2.